The van der Waals surface area contributed by atoms with Crippen LogP contribution >= 0.6 is 0 Å². The highest BCUT2D eigenvalue weighted by atomic mass is 16.5. The Hall–Kier alpha value is -2.67. The second-order valence-corrected chi connectivity index (χ2v) is 7.74. The molecular weight excluding hydrogens is 360 g/mol. The Morgan fingerprint density at radius 2 is 2.11 bits per heavy atom. The lowest BCUT2D eigenvalue weighted by Gasteiger charge is -2.33. The first-order chi connectivity index (χ1) is 13.5. The Morgan fingerprint density at radius 3 is 2.82 bits per heavy atom. The van der Waals surface area contributed by atoms with Crippen molar-refractivity contribution in [3.05, 3.63) is 41.9 Å². The number of likely N-dealkylation sites (tertiary alicyclic amines) is 1. The first-order valence-electron chi connectivity index (χ1n) is 9.58. The van der Waals surface area contributed by atoms with Gasteiger partial charge in [-0.2, -0.15) is 0 Å². The van der Waals surface area contributed by atoms with Crippen LogP contribution in [-0.2, 0) is 20.7 Å². The molecule has 2 fully saturated rings. The van der Waals surface area contributed by atoms with E-state index in [0.29, 0.717) is 44.3 Å². The highest BCUT2D eigenvalue weighted by Crippen LogP contribution is 2.42. The molecule has 1 amide bonds. The zero-order valence-corrected chi connectivity index (χ0v) is 15.9. The van der Waals surface area contributed by atoms with Gasteiger partial charge in [-0.25, -0.2) is 4.98 Å². The maximum atomic E-state index is 12.7. The van der Waals surface area contributed by atoms with Gasteiger partial charge in [0.1, 0.15) is 0 Å². The summed E-state index contributed by atoms with van der Waals surface area (Å²) < 4.78 is 11.2. The number of hydrogen-bond acceptors (Lipinski definition) is 5. The van der Waals surface area contributed by atoms with E-state index in [-0.39, 0.29) is 24.8 Å². The van der Waals surface area contributed by atoms with Crippen LogP contribution in [0.1, 0.15) is 24.3 Å². The van der Waals surface area contributed by atoms with Crippen LogP contribution in [-0.4, -0.2) is 53.2 Å². The zero-order chi connectivity index (χ0) is 19.7. The number of carbonyl (C=O) groups is 2. The van der Waals surface area contributed by atoms with Gasteiger partial charge in [-0.15, -0.1) is 0 Å². The fraction of sp³-hybridized carbons (Fsp3) is 0.476. The molecule has 28 heavy (non-hydrogen) atoms. The zero-order valence-electron chi connectivity index (χ0n) is 15.9. The molecule has 7 nitrogen and oxygen atoms in total. The molecule has 2 aromatic rings. The molecule has 0 radical (unpaired) electrons. The molecule has 0 unspecified atom stereocenters. The lowest BCUT2D eigenvalue weighted by atomic mass is 9.74. The number of benzene rings is 1. The average Bonchev–Trinajstić information content (AvgIpc) is 3.32. The van der Waals surface area contributed by atoms with E-state index in [1.54, 1.807) is 11.1 Å². The van der Waals surface area contributed by atoms with Crippen LogP contribution in [0.3, 0.4) is 0 Å². The van der Waals surface area contributed by atoms with Crippen LogP contribution in [0.2, 0.25) is 0 Å². The van der Waals surface area contributed by atoms with E-state index in [9.17, 15) is 14.7 Å². The van der Waals surface area contributed by atoms with Crippen LogP contribution in [0.25, 0.3) is 11.3 Å². The molecule has 3 heterocycles. The van der Waals surface area contributed by atoms with Crippen LogP contribution in [0, 0.1) is 18.3 Å². The predicted molar refractivity (Wildman–Crippen MR) is 101 cm³/mol. The number of carbonyl (C=O) groups excluding carboxylic acids is 1. The second kappa shape index (κ2) is 7.39. The third kappa shape index (κ3) is 3.42. The van der Waals surface area contributed by atoms with Gasteiger partial charge in [-0.05, 0) is 13.3 Å². The van der Waals surface area contributed by atoms with Gasteiger partial charge >= 0.3 is 5.97 Å². The smallest absolute Gasteiger partial charge is 0.311 e. The first kappa shape index (κ1) is 18.7. The number of amides is 1. The standard InChI is InChI=1S/C21H24N2O5/c1-14-2-4-15(5-3-14)17-10-22-18(28-17)6-7-19(24)23-11-16-12-27-9-8-21(16,13-23)20(25)26/h2-5,10,16H,6-9,11-13H2,1H3,(H,25,26)/t16-,21+/m0/s1. The summed E-state index contributed by atoms with van der Waals surface area (Å²) in [5, 5.41) is 9.72. The summed E-state index contributed by atoms with van der Waals surface area (Å²) in [5.74, 6) is 0.155. The maximum Gasteiger partial charge on any atom is 0.311 e. The van der Waals surface area contributed by atoms with Crippen molar-refractivity contribution < 1.29 is 23.8 Å². The molecule has 1 N–H and O–H groups in total. The lowest BCUT2D eigenvalue weighted by Crippen LogP contribution is -2.45. The molecule has 1 aromatic heterocycles. The quantitative estimate of drug-likeness (QED) is 0.852. The third-order valence-electron chi connectivity index (χ3n) is 5.93. The SMILES string of the molecule is Cc1ccc(-c2cnc(CCC(=O)N3C[C@H]4COCC[C@@]4(C(=O)O)C3)o2)cc1. The number of rotatable bonds is 5. The molecule has 2 saturated heterocycles. The number of hydrogen-bond donors (Lipinski definition) is 1. The Morgan fingerprint density at radius 1 is 1.32 bits per heavy atom. The molecule has 4 rings (SSSR count). The number of aliphatic carboxylic acids is 1. The molecule has 2 aliphatic rings. The summed E-state index contributed by atoms with van der Waals surface area (Å²) in [6.45, 7) is 3.55. The number of nitrogens with zero attached hydrogens (tertiary/aromatic N) is 2. The van der Waals surface area contributed by atoms with Gasteiger partial charge in [0, 0.05) is 44.0 Å². The Kier molecular flexibility index (Phi) is 4.93. The molecule has 7 heteroatoms. The third-order valence-corrected chi connectivity index (χ3v) is 5.93. The molecule has 148 valence electrons. The fourth-order valence-electron chi connectivity index (χ4n) is 4.14. The monoisotopic (exact) mass is 384 g/mol. The minimum atomic E-state index is -0.866. The molecule has 2 aliphatic heterocycles. The molecular formula is C21H24N2O5. The number of oxazole rings is 1. The number of aromatic nitrogens is 1. The van der Waals surface area contributed by atoms with Crippen LogP contribution in [0.5, 0.6) is 0 Å². The van der Waals surface area contributed by atoms with Crippen molar-refractivity contribution in [2.24, 2.45) is 11.3 Å². The summed E-state index contributed by atoms with van der Waals surface area (Å²) >= 11 is 0. The number of fused-ring (bicyclic) bond motifs is 1. The Balaban J connectivity index is 1.37. The normalized spacial score (nSPS) is 24.2. The van der Waals surface area contributed by atoms with Crippen LogP contribution in [0.4, 0.5) is 0 Å². The lowest BCUT2D eigenvalue weighted by molar-refractivity contribution is -0.157. The fourth-order valence-corrected chi connectivity index (χ4v) is 4.14. The summed E-state index contributed by atoms with van der Waals surface area (Å²) in [5.41, 5.74) is 1.25. The van der Waals surface area contributed by atoms with Crippen LogP contribution in [0.15, 0.2) is 34.9 Å². The van der Waals surface area contributed by atoms with Crippen molar-refractivity contribution in [3.8, 4) is 11.3 Å². The van der Waals surface area contributed by atoms with Gasteiger partial charge < -0.3 is 19.2 Å². The topological polar surface area (TPSA) is 92.9 Å². The van der Waals surface area contributed by atoms with E-state index in [0.717, 1.165) is 5.56 Å². The highest BCUT2D eigenvalue weighted by Gasteiger charge is 2.54. The van der Waals surface area contributed by atoms with E-state index in [4.69, 9.17) is 9.15 Å². The average molecular weight is 384 g/mol. The van der Waals surface area contributed by atoms with Gasteiger partial charge in [-0.3, -0.25) is 9.59 Å². The van der Waals surface area contributed by atoms with Crippen molar-refractivity contribution in [1.29, 1.82) is 0 Å². The summed E-state index contributed by atoms with van der Waals surface area (Å²) in [7, 11) is 0. The number of carboxylic acid groups (broad SMARTS) is 1. The van der Waals surface area contributed by atoms with Crippen molar-refractivity contribution in [3.63, 3.8) is 0 Å². The highest BCUT2D eigenvalue weighted by molar-refractivity contribution is 5.81. The summed E-state index contributed by atoms with van der Waals surface area (Å²) in [4.78, 5) is 30.4. The van der Waals surface area contributed by atoms with Crippen molar-refractivity contribution >= 4 is 11.9 Å². The summed E-state index contributed by atoms with van der Waals surface area (Å²) in [6, 6.07) is 7.97. The number of ether oxygens (including phenoxy) is 1. The van der Waals surface area contributed by atoms with Gasteiger partial charge in [0.25, 0.3) is 0 Å². The molecule has 2 atom stereocenters. The Labute approximate surface area is 163 Å². The van der Waals surface area contributed by atoms with Gasteiger partial charge in [0.15, 0.2) is 11.7 Å². The number of aryl methyl sites for hydroxylation is 2. The van der Waals surface area contributed by atoms with Crippen molar-refractivity contribution in [1.82, 2.24) is 9.88 Å². The van der Waals surface area contributed by atoms with E-state index in [1.807, 2.05) is 31.2 Å². The largest absolute Gasteiger partial charge is 0.481 e. The summed E-state index contributed by atoms with van der Waals surface area (Å²) in [6.07, 6.45) is 2.77. The first-order valence-corrected chi connectivity index (χ1v) is 9.58. The maximum absolute atomic E-state index is 12.7. The van der Waals surface area contributed by atoms with Crippen molar-refractivity contribution in [2.45, 2.75) is 26.2 Å². The molecule has 1 aromatic carbocycles. The minimum absolute atomic E-state index is 0.0647. The van der Waals surface area contributed by atoms with E-state index < -0.39 is 11.4 Å². The number of carboxylic acids is 1. The molecule has 0 aliphatic carbocycles. The second-order valence-electron chi connectivity index (χ2n) is 7.74. The van der Waals surface area contributed by atoms with E-state index >= 15 is 0 Å². The van der Waals surface area contributed by atoms with Crippen molar-refractivity contribution in [2.75, 3.05) is 26.3 Å². The molecule has 0 spiro atoms. The van der Waals surface area contributed by atoms with E-state index in [1.165, 1.54) is 5.56 Å². The predicted octanol–water partition coefficient (Wildman–Crippen LogP) is 2.53. The van der Waals surface area contributed by atoms with E-state index in [2.05, 4.69) is 4.98 Å². The molecule has 0 bridgehead atoms. The minimum Gasteiger partial charge on any atom is -0.481 e. The van der Waals surface area contributed by atoms with Gasteiger partial charge in [0.05, 0.1) is 18.2 Å². The van der Waals surface area contributed by atoms with Gasteiger partial charge in [0.2, 0.25) is 5.91 Å². The van der Waals surface area contributed by atoms with Crippen LogP contribution < -0.4 is 0 Å². The Bertz CT molecular complexity index is 875. The molecule has 0 saturated carbocycles. The van der Waals surface area contributed by atoms with Gasteiger partial charge in [-0.1, -0.05) is 29.8 Å².